The van der Waals surface area contributed by atoms with Crippen molar-refractivity contribution in [3.8, 4) is 11.6 Å². The third-order valence-corrected chi connectivity index (χ3v) is 2.79. The van der Waals surface area contributed by atoms with Crippen molar-refractivity contribution in [2.75, 3.05) is 12.4 Å². The first-order valence-corrected chi connectivity index (χ1v) is 6.02. The Morgan fingerprint density at radius 2 is 2.15 bits per heavy atom. The van der Waals surface area contributed by atoms with E-state index in [-0.39, 0.29) is 17.4 Å². The Morgan fingerprint density at radius 1 is 1.40 bits per heavy atom. The van der Waals surface area contributed by atoms with Gasteiger partial charge in [-0.25, -0.2) is 4.98 Å². The summed E-state index contributed by atoms with van der Waals surface area (Å²) in [4.78, 5) is 18.1. The van der Waals surface area contributed by atoms with Crippen LogP contribution >= 0.6 is 11.6 Å². The fourth-order valence-electron chi connectivity index (χ4n) is 1.62. The Kier molecular flexibility index (Phi) is 3.99. The first-order valence-electron chi connectivity index (χ1n) is 5.64. The van der Waals surface area contributed by atoms with Crippen LogP contribution in [0.15, 0.2) is 24.5 Å². The SMILES string of the molecule is CNc1ncnc(Oc2ccc(Cl)cc2C)c1[N+](=O)[O-]. The average Bonchev–Trinajstić information content (AvgIpc) is 2.41. The zero-order valence-corrected chi connectivity index (χ0v) is 11.5. The van der Waals surface area contributed by atoms with Gasteiger partial charge in [-0.05, 0) is 30.7 Å². The third-order valence-electron chi connectivity index (χ3n) is 2.55. The van der Waals surface area contributed by atoms with Crippen LogP contribution < -0.4 is 10.1 Å². The Labute approximate surface area is 119 Å². The molecule has 0 unspecified atom stereocenters. The van der Waals surface area contributed by atoms with Crippen molar-refractivity contribution in [3.63, 3.8) is 0 Å². The number of hydrogen-bond acceptors (Lipinski definition) is 6. The van der Waals surface area contributed by atoms with E-state index in [0.717, 1.165) is 5.56 Å². The summed E-state index contributed by atoms with van der Waals surface area (Å²) in [5.41, 5.74) is 0.431. The summed E-state index contributed by atoms with van der Waals surface area (Å²) in [7, 11) is 1.53. The highest BCUT2D eigenvalue weighted by Crippen LogP contribution is 2.35. The molecule has 2 rings (SSSR count). The zero-order valence-electron chi connectivity index (χ0n) is 10.8. The summed E-state index contributed by atoms with van der Waals surface area (Å²) >= 11 is 5.85. The van der Waals surface area contributed by atoms with Gasteiger partial charge in [0.1, 0.15) is 12.1 Å². The molecule has 0 radical (unpaired) electrons. The van der Waals surface area contributed by atoms with Crippen LogP contribution in [0.4, 0.5) is 11.5 Å². The van der Waals surface area contributed by atoms with Gasteiger partial charge in [0.2, 0.25) is 5.82 Å². The summed E-state index contributed by atoms with van der Waals surface area (Å²) < 4.78 is 5.51. The first kappa shape index (κ1) is 14.0. The second-order valence-corrected chi connectivity index (χ2v) is 4.33. The van der Waals surface area contributed by atoms with Gasteiger partial charge in [-0.2, -0.15) is 4.98 Å². The molecule has 0 spiro atoms. The number of nitrogens with zero attached hydrogens (tertiary/aromatic N) is 3. The first-order chi connectivity index (χ1) is 9.52. The van der Waals surface area contributed by atoms with Crippen molar-refractivity contribution < 1.29 is 9.66 Å². The molecular formula is C12H11ClN4O3. The lowest BCUT2D eigenvalue weighted by Crippen LogP contribution is -2.03. The number of rotatable bonds is 4. The van der Waals surface area contributed by atoms with E-state index in [2.05, 4.69) is 15.3 Å². The van der Waals surface area contributed by atoms with E-state index in [4.69, 9.17) is 16.3 Å². The molecule has 8 heteroatoms. The van der Waals surface area contributed by atoms with Crippen LogP contribution in [0.2, 0.25) is 5.02 Å². The Hall–Kier alpha value is -2.41. The highest BCUT2D eigenvalue weighted by Gasteiger charge is 2.24. The molecule has 2 aromatic rings. The topological polar surface area (TPSA) is 90.2 Å². The minimum atomic E-state index is -0.591. The van der Waals surface area contributed by atoms with Gasteiger partial charge in [0.15, 0.2) is 0 Å². The highest BCUT2D eigenvalue weighted by molar-refractivity contribution is 6.30. The van der Waals surface area contributed by atoms with Gasteiger partial charge in [-0.15, -0.1) is 0 Å². The molecule has 20 heavy (non-hydrogen) atoms. The maximum absolute atomic E-state index is 11.1. The molecule has 1 aromatic carbocycles. The predicted octanol–water partition coefficient (Wildman–Crippen LogP) is 3.18. The number of aromatic nitrogens is 2. The zero-order chi connectivity index (χ0) is 14.7. The van der Waals surface area contributed by atoms with Gasteiger partial charge < -0.3 is 10.1 Å². The quantitative estimate of drug-likeness (QED) is 0.688. The van der Waals surface area contributed by atoms with Crippen molar-refractivity contribution in [1.29, 1.82) is 0 Å². The Morgan fingerprint density at radius 3 is 2.75 bits per heavy atom. The number of aryl methyl sites for hydroxylation is 1. The van der Waals surface area contributed by atoms with E-state index in [1.54, 1.807) is 25.1 Å². The van der Waals surface area contributed by atoms with Gasteiger partial charge in [0.25, 0.3) is 0 Å². The minimum absolute atomic E-state index is 0.0895. The maximum Gasteiger partial charge on any atom is 0.373 e. The molecular weight excluding hydrogens is 284 g/mol. The summed E-state index contributed by atoms with van der Waals surface area (Å²) in [5, 5.41) is 14.3. The summed E-state index contributed by atoms with van der Waals surface area (Å²) in [6.45, 7) is 1.78. The lowest BCUT2D eigenvalue weighted by Gasteiger charge is -2.09. The van der Waals surface area contributed by atoms with Crippen LogP contribution in [-0.4, -0.2) is 21.9 Å². The van der Waals surface area contributed by atoms with Crippen molar-refractivity contribution >= 4 is 23.1 Å². The van der Waals surface area contributed by atoms with Crippen molar-refractivity contribution in [3.05, 3.63) is 45.2 Å². The van der Waals surface area contributed by atoms with E-state index >= 15 is 0 Å². The van der Waals surface area contributed by atoms with Crippen LogP contribution in [0.25, 0.3) is 0 Å². The van der Waals surface area contributed by atoms with Gasteiger partial charge in [-0.1, -0.05) is 11.6 Å². The molecule has 1 heterocycles. The van der Waals surface area contributed by atoms with Gasteiger partial charge in [0, 0.05) is 12.1 Å². The van der Waals surface area contributed by atoms with E-state index in [9.17, 15) is 10.1 Å². The van der Waals surface area contributed by atoms with Crippen LogP contribution in [0.3, 0.4) is 0 Å². The number of hydrogen-bond donors (Lipinski definition) is 1. The maximum atomic E-state index is 11.1. The number of nitro groups is 1. The molecule has 0 aliphatic rings. The van der Waals surface area contributed by atoms with Crippen LogP contribution in [0.5, 0.6) is 11.6 Å². The second-order valence-electron chi connectivity index (χ2n) is 3.90. The molecule has 0 saturated heterocycles. The van der Waals surface area contributed by atoms with Crippen LogP contribution in [0.1, 0.15) is 5.56 Å². The summed E-state index contributed by atoms with van der Waals surface area (Å²) in [5.74, 6) is 0.407. The summed E-state index contributed by atoms with van der Waals surface area (Å²) in [6, 6.07) is 4.96. The lowest BCUT2D eigenvalue weighted by molar-refractivity contribution is -0.385. The molecule has 104 valence electrons. The Balaban J connectivity index is 2.45. The van der Waals surface area contributed by atoms with Crippen LogP contribution in [-0.2, 0) is 0 Å². The molecule has 7 nitrogen and oxygen atoms in total. The van der Waals surface area contributed by atoms with E-state index < -0.39 is 4.92 Å². The fraction of sp³-hybridized carbons (Fsp3) is 0.167. The molecule has 0 atom stereocenters. The number of anilines is 1. The Bertz CT molecular complexity index is 663. The van der Waals surface area contributed by atoms with Crippen molar-refractivity contribution in [2.24, 2.45) is 0 Å². The minimum Gasteiger partial charge on any atom is -0.433 e. The van der Waals surface area contributed by atoms with Crippen LogP contribution in [0, 0.1) is 17.0 Å². The number of ether oxygens (including phenoxy) is 1. The highest BCUT2D eigenvalue weighted by atomic mass is 35.5. The molecule has 0 aliphatic heterocycles. The van der Waals surface area contributed by atoms with E-state index in [0.29, 0.717) is 10.8 Å². The smallest absolute Gasteiger partial charge is 0.373 e. The largest absolute Gasteiger partial charge is 0.433 e. The summed E-state index contributed by atoms with van der Waals surface area (Å²) in [6.07, 6.45) is 1.19. The van der Waals surface area contributed by atoms with Gasteiger partial charge in [0.05, 0.1) is 4.92 Å². The molecule has 0 fully saturated rings. The molecule has 1 N–H and O–H groups in total. The standard InChI is InChI=1S/C12H11ClN4O3/c1-7-5-8(13)3-4-9(7)20-12-10(17(18)19)11(14-2)15-6-16-12/h3-6H,1-2H3,(H,14,15,16). The fourth-order valence-corrected chi connectivity index (χ4v) is 1.84. The number of nitrogens with one attached hydrogen (secondary N) is 1. The lowest BCUT2D eigenvalue weighted by atomic mass is 10.2. The van der Waals surface area contributed by atoms with Gasteiger partial charge >= 0.3 is 11.6 Å². The molecule has 0 bridgehead atoms. The normalized spacial score (nSPS) is 10.2. The average molecular weight is 295 g/mol. The van der Waals surface area contributed by atoms with E-state index in [1.807, 2.05) is 0 Å². The molecule has 0 amide bonds. The van der Waals surface area contributed by atoms with Gasteiger partial charge in [-0.3, -0.25) is 10.1 Å². The second kappa shape index (κ2) is 5.70. The van der Waals surface area contributed by atoms with E-state index in [1.165, 1.54) is 13.4 Å². The third kappa shape index (κ3) is 2.77. The molecule has 0 aliphatic carbocycles. The molecule has 1 aromatic heterocycles. The molecule has 0 saturated carbocycles. The van der Waals surface area contributed by atoms with Crippen molar-refractivity contribution in [1.82, 2.24) is 9.97 Å². The number of benzene rings is 1. The predicted molar refractivity (Wildman–Crippen MR) is 74.5 cm³/mol. The number of halogens is 1. The monoisotopic (exact) mass is 294 g/mol. The van der Waals surface area contributed by atoms with Crippen molar-refractivity contribution in [2.45, 2.75) is 6.92 Å².